The predicted octanol–water partition coefficient (Wildman–Crippen LogP) is 3.96. The Kier molecular flexibility index (Phi) is 3.59. The number of fused-ring (bicyclic) bond motifs is 1. The van der Waals surface area contributed by atoms with Gasteiger partial charge in [-0.25, -0.2) is 0 Å². The van der Waals surface area contributed by atoms with Crippen molar-refractivity contribution in [3.63, 3.8) is 0 Å². The van der Waals surface area contributed by atoms with Gasteiger partial charge >= 0.3 is 0 Å². The molecule has 1 amide bonds. The molecule has 0 radical (unpaired) electrons. The minimum Gasteiger partial charge on any atom is -0.508 e. The van der Waals surface area contributed by atoms with Gasteiger partial charge in [-0.15, -0.1) is 0 Å². The molecule has 0 bridgehead atoms. The second-order valence-electron chi connectivity index (χ2n) is 5.29. The minimum absolute atomic E-state index is 0.192. The molecule has 1 aromatic heterocycles. The van der Waals surface area contributed by atoms with Crippen LogP contribution in [0.4, 0.5) is 5.69 Å². The molecule has 24 heavy (non-hydrogen) atoms. The van der Waals surface area contributed by atoms with Crippen molar-refractivity contribution in [2.24, 2.45) is 4.99 Å². The number of H-pyrrole nitrogens is 1. The number of nitrogens with one attached hydrogen (secondary N) is 2. The maximum absolute atomic E-state index is 12.1. The lowest BCUT2D eigenvalue weighted by Crippen LogP contribution is -2.04. The molecule has 6 heteroatoms. The van der Waals surface area contributed by atoms with E-state index in [1.807, 2.05) is 36.5 Å². The first-order valence-electron chi connectivity index (χ1n) is 7.34. The number of aromatic hydroxyl groups is 1. The van der Waals surface area contributed by atoms with Crippen molar-refractivity contribution in [1.29, 1.82) is 0 Å². The smallest absolute Gasteiger partial charge is 0.286 e. The van der Waals surface area contributed by atoms with Gasteiger partial charge in [-0.3, -0.25) is 4.79 Å². The van der Waals surface area contributed by atoms with Gasteiger partial charge in [0.15, 0.2) is 5.17 Å². The summed E-state index contributed by atoms with van der Waals surface area (Å²) in [7, 11) is 0. The molecule has 2 heterocycles. The lowest BCUT2D eigenvalue weighted by atomic mass is 10.1. The molecule has 0 aliphatic carbocycles. The van der Waals surface area contributed by atoms with Crippen molar-refractivity contribution < 1.29 is 9.90 Å². The number of rotatable bonds is 2. The van der Waals surface area contributed by atoms with Crippen LogP contribution in [0.3, 0.4) is 0 Å². The Hall–Kier alpha value is -2.99. The number of phenolic OH excluding ortho intramolecular Hbond substituents is 1. The molecule has 1 aliphatic heterocycles. The van der Waals surface area contributed by atoms with E-state index < -0.39 is 0 Å². The summed E-state index contributed by atoms with van der Waals surface area (Å²) in [6, 6.07) is 14.5. The molecule has 1 aliphatic rings. The van der Waals surface area contributed by atoms with E-state index in [4.69, 9.17) is 0 Å². The van der Waals surface area contributed by atoms with Crippen LogP contribution in [0.2, 0.25) is 0 Å². The monoisotopic (exact) mass is 335 g/mol. The van der Waals surface area contributed by atoms with E-state index in [0.29, 0.717) is 10.1 Å². The van der Waals surface area contributed by atoms with Crippen LogP contribution >= 0.6 is 11.8 Å². The van der Waals surface area contributed by atoms with Gasteiger partial charge in [-0.05, 0) is 48.2 Å². The molecule has 0 atom stereocenters. The van der Waals surface area contributed by atoms with Crippen LogP contribution in [0, 0.1) is 0 Å². The van der Waals surface area contributed by atoms with Gasteiger partial charge in [0.25, 0.3) is 5.91 Å². The number of amidine groups is 1. The third-order valence-electron chi connectivity index (χ3n) is 3.65. The predicted molar refractivity (Wildman–Crippen MR) is 98.0 cm³/mol. The second kappa shape index (κ2) is 5.90. The summed E-state index contributed by atoms with van der Waals surface area (Å²) < 4.78 is 0. The zero-order valence-electron chi connectivity index (χ0n) is 12.5. The summed E-state index contributed by atoms with van der Waals surface area (Å²) in [5.41, 5.74) is 2.76. The lowest BCUT2D eigenvalue weighted by Gasteiger charge is -2.04. The first-order valence-corrected chi connectivity index (χ1v) is 8.15. The molecule has 0 spiro atoms. The van der Waals surface area contributed by atoms with Gasteiger partial charge in [0.1, 0.15) is 5.75 Å². The van der Waals surface area contributed by atoms with E-state index in [2.05, 4.69) is 15.3 Å². The van der Waals surface area contributed by atoms with E-state index >= 15 is 0 Å². The lowest BCUT2D eigenvalue weighted by molar-refractivity contribution is -0.113. The number of benzene rings is 2. The number of amides is 1. The number of aliphatic imine (C=N–C) groups is 1. The Labute approximate surface area is 142 Å². The molecule has 3 N–H and O–H groups in total. The van der Waals surface area contributed by atoms with E-state index in [1.165, 1.54) is 11.8 Å². The first kappa shape index (κ1) is 14.6. The number of nitrogens with zero attached hydrogens (tertiary/aromatic N) is 1. The van der Waals surface area contributed by atoms with E-state index in [0.717, 1.165) is 22.2 Å². The summed E-state index contributed by atoms with van der Waals surface area (Å²) in [4.78, 5) is 19.9. The van der Waals surface area contributed by atoms with Crippen LogP contribution in [0.1, 0.15) is 5.56 Å². The van der Waals surface area contributed by atoms with Crippen molar-refractivity contribution in [1.82, 2.24) is 4.98 Å². The molecule has 2 aromatic carbocycles. The average Bonchev–Trinajstić information content (AvgIpc) is 3.14. The number of hydrogen-bond acceptors (Lipinski definition) is 4. The SMILES string of the molecule is O=C1N=C(Nc2ccc(O)cc2)S/C1=C\c1c[nH]c2ccccc12. The van der Waals surface area contributed by atoms with Crippen LogP contribution in [-0.2, 0) is 4.79 Å². The van der Waals surface area contributed by atoms with Crippen molar-refractivity contribution in [3.05, 3.63) is 65.2 Å². The van der Waals surface area contributed by atoms with Crippen LogP contribution in [0.25, 0.3) is 17.0 Å². The summed E-state index contributed by atoms with van der Waals surface area (Å²) in [6.45, 7) is 0. The largest absolute Gasteiger partial charge is 0.508 e. The number of thioether (sulfide) groups is 1. The molecule has 5 nitrogen and oxygen atoms in total. The Morgan fingerprint density at radius 3 is 2.75 bits per heavy atom. The Balaban J connectivity index is 1.56. The average molecular weight is 335 g/mol. The quantitative estimate of drug-likeness (QED) is 0.489. The highest BCUT2D eigenvalue weighted by molar-refractivity contribution is 8.18. The van der Waals surface area contributed by atoms with Gasteiger partial charge in [-0.2, -0.15) is 4.99 Å². The maximum atomic E-state index is 12.1. The zero-order chi connectivity index (χ0) is 16.5. The number of phenols is 1. The first-order chi connectivity index (χ1) is 11.7. The molecular weight excluding hydrogens is 322 g/mol. The number of aromatic amines is 1. The third-order valence-corrected chi connectivity index (χ3v) is 4.55. The molecule has 4 rings (SSSR count). The number of para-hydroxylation sites is 1. The molecule has 118 valence electrons. The highest BCUT2D eigenvalue weighted by Gasteiger charge is 2.22. The Morgan fingerprint density at radius 1 is 1.12 bits per heavy atom. The number of hydrogen-bond donors (Lipinski definition) is 3. The fraction of sp³-hybridized carbons (Fsp3) is 0. The highest BCUT2D eigenvalue weighted by Crippen LogP contribution is 2.31. The van der Waals surface area contributed by atoms with E-state index in [1.54, 1.807) is 24.3 Å². The van der Waals surface area contributed by atoms with Gasteiger partial charge in [-0.1, -0.05) is 18.2 Å². The maximum Gasteiger partial charge on any atom is 0.286 e. The number of anilines is 1. The van der Waals surface area contributed by atoms with Crippen molar-refractivity contribution in [2.45, 2.75) is 0 Å². The molecular formula is C18H13N3O2S. The fourth-order valence-corrected chi connectivity index (χ4v) is 3.31. The summed E-state index contributed by atoms with van der Waals surface area (Å²) >= 11 is 1.30. The molecule has 0 unspecified atom stereocenters. The van der Waals surface area contributed by atoms with E-state index in [9.17, 15) is 9.90 Å². The highest BCUT2D eigenvalue weighted by atomic mass is 32.2. The van der Waals surface area contributed by atoms with Crippen LogP contribution in [-0.4, -0.2) is 21.2 Å². The summed E-state index contributed by atoms with van der Waals surface area (Å²) in [5.74, 6) is -0.0656. The van der Waals surface area contributed by atoms with Gasteiger partial charge in [0.2, 0.25) is 0 Å². The van der Waals surface area contributed by atoms with Gasteiger partial charge in [0, 0.05) is 28.4 Å². The molecule has 3 aromatic rings. The third kappa shape index (κ3) is 2.79. The number of carbonyl (C=O) groups excluding carboxylic acids is 1. The van der Waals surface area contributed by atoms with Crippen molar-refractivity contribution in [3.8, 4) is 5.75 Å². The van der Waals surface area contributed by atoms with Crippen LogP contribution in [0.15, 0.2) is 64.6 Å². The standard InChI is InChI=1S/C18H13N3O2S/c22-13-7-5-12(6-8-13)20-18-21-17(23)16(24-18)9-11-10-19-15-4-2-1-3-14(11)15/h1-10,19,22H,(H,20,21,23)/b16-9-. The van der Waals surface area contributed by atoms with Crippen molar-refractivity contribution >= 4 is 45.5 Å². The second-order valence-corrected chi connectivity index (χ2v) is 6.32. The summed E-state index contributed by atoms with van der Waals surface area (Å²) in [6.07, 6.45) is 3.73. The Bertz CT molecular complexity index is 987. The number of carbonyl (C=O) groups is 1. The Morgan fingerprint density at radius 2 is 1.92 bits per heavy atom. The van der Waals surface area contributed by atoms with E-state index in [-0.39, 0.29) is 11.7 Å². The molecule has 0 saturated heterocycles. The van der Waals surface area contributed by atoms with Gasteiger partial charge in [0.05, 0.1) is 4.91 Å². The fourth-order valence-electron chi connectivity index (χ4n) is 2.49. The molecule has 0 fully saturated rings. The van der Waals surface area contributed by atoms with Gasteiger partial charge < -0.3 is 15.4 Å². The minimum atomic E-state index is -0.258. The number of aromatic nitrogens is 1. The van der Waals surface area contributed by atoms with Crippen LogP contribution < -0.4 is 5.32 Å². The summed E-state index contributed by atoms with van der Waals surface area (Å²) in [5, 5.41) is 14.0. The normalized spacial score (nSPS) is 15.9. The molecule has 0 saturated carbocycles. The topological polar surface area (TPSA) is 77.5 Å². The van der Waals surface area contributed by atoms with Crippen LogP contribution in [0.5, 0.6) is 5.75 Å². The van der Waals surface area contributed by atoms with Crippen molar-refractivity contribution in [2.75, 3.05) is 5.32 Å². The zero-order valence-corrected chi connectivity index (χ0v) is 13.3.